The molecule has 1 aromatic heterocycles. The summed E-state index contributed by atoms with van der Waals surface area (Å²) < 4.78 is 30.2. The lowest BCUT2D eigenvalue weighted by Crippen LogP contribution is -2.47. The van der Waals surface area contributed by atoms with Crippen molar-refractivity contribution in [1.82, 2.24) is 25.5 Å². The van der Waals surface area contributed by atoms with Crippen molar-refractivity contribution < 1.29 is 28.3 Å². The zero-order valence-electron chi connectivity index (χ0n) is 27.1. The van der Waals surface area contributed by atoms with Crippen LogP contribution < -0.4 is 26.0 Å². The first kappa shape index (κ1) is 33.8. The first-order valence-corrected chi connectivity index (χ1v) is 15.4. The largest absolute Gasteiger partial charge is 0.530 e. The van der Waals surface area contributed by atoms with Gasteiger partial charge in [0.1, 0.15) is 23.4 Å². The highest BCUT2D eigenvalue weighted by Gasteiger charge is 2.34. The molecule has 2 heterocycles. The van der Waals surface area contributed by atoms with Crippen molar-refractivity contribution in [3.63, 3.8) is 0 Å². The monoisotopic (exact) mass is 656 g/mol. The molecule has 0 atom stereocenters. The van der Waals surface area contributed by atoms with Crippen molar-refractivity contribution in [3.05, 3.63) is 101 Å². The fourth-order valence-electron chi connectivity index (χ4n) is 5.38. The number of urea groups is 1. The Bertz CT molecular complexity index is 1830. The van der Waals surface area contributed by atoms with Gasteiger partial charge >= 0.3 is 6.03 Å². The van der Waals surface area contributed by atoms with Gasteiger partial charge in [-0.1, -0.05) is 63.2 Å². The van der Waals surface area contributed by atoms with Crippen molar-refractivity contribution in [1.29, 1.82) is 0 Å². The van der Waals surface area contributed by atoms with E-state index in [1.165, 1.54) is 6.07 Å². The highest BCUT2D eigenvalue weighted by molar-refractivity contribution is 6.02. The number of benzene rings is 3. The molecule has 0 unspecified atom stereocenters. The van der Waals surface area contributed by atoms with Crippen molar-refractivity contribution in [3.8, 4) is 11.3 Å². The van der Waals surface area contributed by atoms with Crippen molar-refractivity contribution in [2.45, 2.75) is 40.8 Å². The fraction of sp³-hybridized carbons (Fsp3) is 0.286. The van der Waals surface area contributed by atoms with Crippen LogP contribution in [0.2, 0.25) is 0 Å². The zero-order chi connectivity index (χ0) is 34.6. The molecule has 1 aliphatic heterocycles. The number of carbonyl (C=O) groups excluding carboxylic acids is 3. The number of para-hydroxylation sites is 1. The van der Waals surface area contributed by atoms with Gasteiger partial charge in [0, 0.05) is 42.9 Å². The summed E-state index contributed by atoms with van der Waals surface area (Å²) in [6.07, 6.45) is -1.34. The molecular formula is C35H36F2N7O4-. The molecule has 3 aromatic carbocycles. The van der Waals surface area contributed by atoms with E-state index in [1.54, 1.807) is 18.2 Å². The van der Waals surface area contributed by atoms with Gasteiger partial charge in [-0.15, -0.1) is 0 Å². The number of aryl methyl sites for hydroxylation is 1. The van der Waals surface area contributed by atoms with Crippen LogP contribution in [0.3, 0.4) is 0 Å². The second-order valence-electron chi connectivity index (χ2n) is 12.6. The summed E-state index contributed by atoms with van der Waals surface area (Å²) in [5.41, 5.74) is 2.25. The number of carboxylic acid groups (broad SMARTS) is 1. The molecule has 0 saturated heterocycles. The Morgan fingerprint density at radius 2 is 1.73 bits per heavy atom. The Balaban J connectivity index is 1.56. The van der Waals surface area contributed by atoms with Crippen molar-refractivity contribution in [2.24, 2.45) is 5.41 Å². The zero-order valence-corrected chi connectivity index (χ0v) is 27.1. The quantitative estimate of drug-likeness (QED) is 0.215. The van der Waals surface area contributed by atoms with Crippen LogP contribution in [0.1, 0.15) is 47.8 Å². The molecule has 48 heavy (non-hydrogen) atoms. The Hall–Kier alpha value is -5.59. The third kappa shape index (κ3) is 7.68. The van der Waals surface area contributed by atoms with Crippen LogP contribution >= 0.6 is 0 Å². The minimum Gasteiger partial charge on any atom is -0.530 e. The summed E-state index contributed by atoms with van der Waals surface area (Å²) in [4.78, 5) is 49.4. The van der Waals surface area contributed by atoms with Crippen LogP contribution in [0.15, 0.2) is 66.7 Å². The number of amides is 4. The van der Waals surface area contributed by atoms with Crippen LogP contribution in [0.25, 0.3) is 11.3 Å². The van der Waals surface area contributed by atoms with Crippen molar-refractivity contribution >= 4 is 35.5 Å². The molecule has 0 radical (unpaired) electrons. The first-order valence-electron chi connectivity index (χ1n) is 15.4. The van der Waals surface area contributed by atoms with E-state index in [0.29, 0.717) is 28.9 Å². The molecule has 0 bridgehead atoms. The first-order chi connectivity index (χ1) is 22.8. The molecule has 0 saturated carbocycles. The van der Waals surface area contributed by atoms with Crippen LogP contribution in [-0.4, -0.2) is 52.5 Å². The molecule has 1 aliphatic rings. The molecule has 3 N–H and O–H groups in total. The van der Waals surface area contributed by atoms with E-state index in [-0.39, 0.29) is 49.3 Å². The summed E-state index contributed by atoms with van der Waals surface area (Å²) in [7, 11) is 0. The molecule has 250 valence electrons. The van der Waals surface area contributed by atoms with Crippen LogP contribution in [0.5, 0.6) is 0 Å². The highest BCUT2D eigenvalue weighted by Crippen LogP contribution is 2.39. The average Bonchev–Trinajstić information content (AvgIpc) is 3.03. The summed E-state index contributed by atoms with van der Waals surface area (Å²) in [5.74, 6) is -2.38. The van der Waals surface area contributed by atoms with E-state index < -0.39 is 29.4 Å². The molecule has 4 aromatic rings. The smallest absolute Gasteiger partial charge is 0.328 e. The van der Waals surface area contributed by atoms with Gasteiger partial charge in [0.2, 0.25) is 5.95 Å². The Labute approximate surface area is 277 Å². The van der Waals surface area contributed by atoms with Gasteiger partial charge in [0.05, 0.1) is 12.2 Å². The third-order valence-corrected chi connectivity index (χ3v) is 7.62. The molecule has 13 heteroatoms. The number of fused-ring (bicyclic) bond motifs is 1. The van der Waals surface area contributed by atoms with Gasteiger partial charge in [-0.3, -0.25) is 4.79 Å². The average molecular weight is 657 g/mol. The summed E-state index contributed by atoms with van der Waals surface area (Å²) in [6.45, 7) is 8.06. The molecule has 0 aliphatic carbocycles. The molecule has 5 rings (SSSR count). The van der Waals surface area contributed by atoms with E-state index in [9.17, 15) is 19.5 Å². The summed E-state index contributed by atoms with van der Waals surface area (Å²) in [5, 5.41) is 20.4. The van der Waals surface area contributed by atoms with E-state index in [4.69, 9.17) is 4.98 Å². The Kier molecular flexibility index (Phi) is 9.87. The summed E-state index contributed by atoms with van der Waals surface area (Å²) >= 11 is 0. The topological polar surface area (TPSA) is 143 Å². The van der Waals surface area contributed by atoms with Crippen LogP contribution in [-0.2, 0) is 13.1 Å². The Morgan fingerprint density at radius 1 is 1.02 bits per heavy atom. The predicted molar refractivity (Wildman–Crippen MR) is 175 cm³/mol. The van der Waals surface area contributed by atoms with Crippen LogP contribution in [0, 0.1) is 24.0 Å². The van der Waals surface area contributed by atoms with E-state index >= 15 is 8.78 Å². The highest BCUT2D eigenvalue weighted by atomic mass is 19.1. The standard InChI is InChI=1S/C35H37F2N7O4/c1-21-13-14-23(31(45)39-18-22-9-6-5-7-10-22)17-24(21)28-25-19-40-33(46)44(29-26(36)11-8-12-27(29)37)30(25)42-32(41-28)38-15-16-43(34(47)48)20-35(2,3)4/h5-14,17H,15-16,18-20H2,1-4H3,(H,39,45)(H,40,46)(H,47,48)(H,38,41,42)/p-1. The number of nitrogens with zero attached hydrogens (tertiary/aromatic N) is 4. The fourth-order valence-corrected chi connectivity index (χ4v) is 5.38. The number of rotatable bonds is 10. The number of halogens is 2. The minimum atomic E-state index is -1.34. The lowest BCUT2D eigenvalue weighted by Gasteiger charge is -2.32. The number of nitrogens with one attached hydrogen (secondary N) is 3. The van der Waals surface area contributed by atoms with Gasteiger partial charge in [-0.2, -0.15) is 4.98 Å². The van der Waals surface area contributed by atoms with Gasteiger partial charge in [0.15, 0.2) is 5.82 Å². The maximum Gasteiger partial charge on any atom is 0.328 e. The van der Waals surface area contributed by atoms with Gasteiger partial charge in [-0.05, 0) is 47.7 Å². The summed E-state index contributed by atoms with van der Waals surface area (Å²) in [6, 6.07) is 17.0. The SMILES string of the molecule is Cc1ccc(C(=O)NCc2ccccc2)cc1-c1nc(NCCN(CC(C)(C)C)C(=O)[O-])nc2c1CNC(=O)N2c1c(F)cccc1F. The van der Waals surface area contributed by atoms with E-state index in [0.717, 1.165) is 33.1 Å². The normalized spacial score (nSPS) is 12.6. The van der Waals surface area contributed by atoms with Gasteiger partial charge in [-0.25, -0.2) is 23.5 Å². The van der Waals surface area contributed by atoms with Gasteiger partial charge < -0.3 is 30.8 Å². The lowest BCUT2D eigenvalue weighted by atomic mass is 9.96. The molecule has 4 amide bonds. The lowest BCUT2D eigenvalue weighted by molar-refractivity contribution is -0.266. The number of anilines is 3. The predicted octanol–water partition coefficient (Wildman–Crippen LogP) is 5.12. The Morgan fingerprint density at radius 3 is 2.40 bits per heavy atom. The molecular weight excluding hydrogens is 620 g/mol. The number of hydrogen-bond donors (Lipinski definition) is 3. The molecule has 11 nitrogen and oxygen atoms in total. The van der Waals surface area contributed by atoms with Gasteiger partial charge in [0.25, 0.3) is 5.91 Å². The maximum atomic E-state index is 15.1. The number of carbonyl (C=O) groups is 3. The van der Waals surface area contributed by atoms with E-state index in [2.05, 4.69) is 20.9 Å². The van der Waals surface area contributed by atoms with Crippen LogP contribution in [0.4, 0.5) is 35.8 Å². The number of aromatic nitrogens is 2. The second kappa shape index (κ2) is 14.0. The third-order valence-electron chi connectivity index (χ3n) is 7.62. The minimum absolute atomic E-state index is 0.0208. The van der Waals surface area contributed by atoms with Crippen molar-refractivity contribution in [2.75, 3.05) is 29.9 Å². The van der Waals surface area contributed by atoms with E-state index in [1.807, 2.05) is 58.0 Å². The number of hydrogen-bond acceptors (Lipinski definition) is 7. The maximum absolute atomic E-state index is 15.1. The molecule has 0 fully saturated rings. The molecule has 0 spiro atoms. The second-order valence-corrected chi connectivity index (χ2v) is 12.6.